The molecule has 0 aromatic carbocycles. The minimum atomic E-state index is -0.0713. The maximum atomic E-state index is 9.59. The number of ether oxygens (including phenoxy) is 1. The number of aliphatic hydroxyl groups is 1. The quantitative estimate of drug-likeness (QED) is 0.633. The van der Waals surface area contributed by atoms with Crippen molar-refractivity contribution < 1.29 is 9.84 Å². The lowest BCUT2D eigenvalue weighted by Gasteiger charge is -2.32. The van der Waals surface area contributed by atoms with Crippen LogP contribution in [0.1, 0.15) is 51.9 Å². The number of aliphatic hydroxyl groups excluding tert-OH is 1. The molecule has 2 N–H and O–H groups in total. The van der Waals surface area contributed by atoms with Gasteiger partial charge in [0.1, 0.15) is 0 Å². The molecule has 2 aliphatic rings. The molecule has 0 aromatic rings. The van der Waals surface area contributed by atoms with Crippen LogP contribution in [0.3, 0.4) is 0 Å². The number of methoxy groups -OCH3 is 1. The van der Waals surface area contributed by atoms with Gasteiger partial charge < -0.3 is 20.1 Å². The Morgan fingerprint density at radius 1 is 1.30 bits per heavy atom. The fourth-order valence-corrected chi connectivity index (χ4v) is 3.18. The summed E-state index contributed by atoms with van der Waals surface area (Å²) in [6, 6.07) is 0.664. The molecule has 0 aromatic heterocycles. The first kappa shape index (κ1) is 16.2. The predicted molar refractivity (Wildman–Crippen MR) is 82.0 cm³/mol. The zero-order valence-corrected chi connectivity index (χ0v) is 13.2. The Labute approximate surface area is 123 Å². The predicted octanol–water partition coefficient (Wildman–Crippen LogP) is 1.77. The second kappa shape index (κ2) is 7.74. The average molecular weight is 284 g/mol. The summed E-state index contributed by atoms with van der Waals surface area (Å²) >= 11 is 0. The van der Waals surface area contributed by atoms with E-state index in [0.29, 0.717) is 12.1 Å². The van der Waals surface area contributed by atoms with Crippen molar-refractivity contribution in [2.24, 2.45) is 0 Å². The number of rotatable bonds is 9. The van der Waals surface area contributed by atoms with Crippen molar-refractivity contribution in [1.82, 2.24) is 10.2 Å². The summed E-state index contributed by atoms with van der Waals surface area (Å²) in [7, 11) is 1.82. The molecule has 4 nitrogen and oxygen atoms in total. The second-order valence-electron chi connectivity index (χ2n) is 6.90. The summed E-state index contributed by atoms with van der Waals surface area (Å²) in [4.78, 5) is 2.53. The van der Waals surface area contributed by atoms with E-state index in [-0.39, 0.29) is 12.1 Å². The van der Waals surface area contributed by atoms with E-state index in [1.165, 1.54) is 51.6 Å². The monoisotopic (exact) mass is 284 g/mol. The van der Waals surface area contributed by atoms with Crippen molar-refractivity contribution in [2.45, 2.75) is 69.6 Å². The lowest BCUT2D eigenvalue weighted by atomic mass is 9.95. The largest absolute Gasteiger partial charge is 0.394 e. The molecular formula is C16H32N2O2. The molecular weight excluding hydrogens is 252 g/mol. The van der Waals surface area contributed by atoms with Crippen LogP contribution in [0.5, 0.6) is 0 Å². The molecule has 0 amide bonds. The van der Waals surface area contributed by atoms with Crippen LogP contribution in [0, 0.1) is 0 Å². The van der Waals surface area contributed by atoms with E-state index < -0.39 is 0 Å². The number of piperidine rings is 1. The third kappa shape index (κ3) is 5.32. The van der Waals surface area contributed by atoms with Crippen molar-refractivity contribution in [1.29, 1.82) is 0 Å². The minimum Gasteiger partial charge on any atom is -0.394 e. The summed E-state index contributed by atoms with van der Waals surface area (Å²) in [6.45, 7) is 5.89. The van der Waals surface area contributed by atoms with E-state index in [1.54, 1.807) is 0 Å². The van der Waals surface area contributed by atoms with Gasteiger partial charge >= 0.3 is 0 Å². The summed E-state index contributed by atoms with van der Waals surface area (Å²) in [6.07, 6.45) is 8.94. The Hall–Kier alpha value is -0.160. The Bertz CT molecular complexity index is 284. The molecule has 1 saturated carbocycles. The Balaban J connectivity index is 1.60. The molecule has 118 valence electrons. The number of hydrogen-bond donors (Lipinski definition) is 2. The molecule has 1 aliphatic heterocycles. The zero-order chi connectivity index (χ0) is 14.4. The van der Waals surface area contributed by atoms with E-state index in [1.807, 2.05) is 7.11 Å². The van der Waals surface area contributed by atoms with Crippen molar-refractivity contribution in [3.05, 3.63) is 0 Å². The lowest BCUT2D eigenvalue weighted by Crippen LogP contribution is -2.47. The lowest BCUT2D eigenvalue weighted by molar-refractivity contribution is 0.0305. The van der Waals surface area contributed by atoms with Crippen LogP contribution in [0.2, 0.25) is 0 Å². The molecule has 2 atom stereocenters. The van der Waals surface area contributed by atoms with Gasteiger partial charge in [0.15, 0.2) is 0 Å². The number of unbranched alkanes of at least 4 members (excludes halogenated alkanes) is 1. The van der Waals surface area contributed by atoms with Gasteiger partial charge in [-0.15, -0.1) is 0 Å². The van der Waals surface area contributed by atoms with Crippen molar-refractivity contribution in [3.8, 4) is 0 Å². The zero-order valence-electron chi connectivity index (χ0n) is 13.2. The maximum Gasteiger partial charge on any atom is 0.0698 e. The molecule has 4 heteroatoms. The topological polar surface area (TPSA) is 44.7 Å². The standard InChI is InChI=1S/C16H32N2O2/c1-16(13-19,17-14-7-8-14)9-3-4-10-18-11-5-6-15(12-18)20-2/h14-15,17,19H,3-13H2,1-2H3. The average Bonchev–Trinajstić information content (AvgIpc) is 3.28. The van der Waals surface area contributed by atoms with Gasteiger partial charge in [-0.05, 0) is 58.5 Å². The first-order chi connectivity index (χ1) is 9.65. The highest BCUT2D eigenvalue weighted by molar-refractivity contribution is 4.92. The summed E-state index contributed by atoms with van der Waals surface area (Å²) in [5.41, 5.74) is -0.0713. The molecule has 1 aliphatic carbocycles. The van der Waals surface area contributed by atoms with Gasteiger partial charge in [-0.3, -0.25) is 0 Å². The highest BCUT2D eigenvalue weighted by Gasteiger charge is 2.31. The van der Waals surface area contributed by atoms with Crippen molar-refractivity contribution in [2.75, 3.05) is 33.4 Å². The summed E-state index contributed by atoms with van der Waals surface area (Å²) in [5.74, 6) is 0. The van der Waals surface area contributed by atoms with E-state index in [9.17, 15) is 5.11 Å². The summed E-state index contributed by atoms with van der Waals surface area (Å²) in [5, 5.41) is 13.2. The van der Waals surface area contributed by atoms with Gasteiger partial charge in [0, 0.05) is 25.2 Å². The minimum absolute atomic E-state index is 0.0713. The maximum absolute atomic E-state index is 9.59. The number of nitrogens with one attached hydrogen (secondary N) is 1. The molecule has 20 heavy (non-hydrogen) atoms. The fraction of sp³-hybridized carbons (Fsp3) is 1.00. The van der Waals surface area contributed by atoms with Crippen LogP contribution in [0.4, 0.5) is 0 Å². The normalized spacial score (nSPS) is 27.4. The van der Waals surface area contributed by atoms with Gasteiger partial charge in [-0.2, -0.15) is 0 Å². The molecule has 0 spiro atoms. The number of likely N-dealkylation sites (tertiary alicyclic amines) is 1. The van der Waals surface area contributed by atoms with Crippen LogP contribution in [-0.2, 0) is 4.74 Å². The highest BCUT2D eigenvalue weighted by atomic mass is 16.5. The molecule has 1 saturated heterocycles. The number of nitrogens with zero attached hydrogens (tertiary/aromatic N) is 1. The first-order valence-corrected chi connectivity index (χ1v) is 8.29. The van der Waals surface area contributed by atoms with E-state index in [0.717, 1.165) is 13.0 Å². The van der Waals surface area contributed by atoms with E-state index in [4.69, 9.17) is 4.74 Å². The van der Waals surface area contributed by atoms with Crippen LogP contribution in [0.25, 0.3) is 0 Å². The van der Waals surface area contributed by atoms with E-state index >= 15 is 0 Å². The van der Waals surface area contributed by atoms with Gasteiger partial charge in [0.25, 0.3) is 0 Å². The first-order valence-electron chi connectivity index (χ1n) is 8.29. The molecule has 2 rings (SSSR count). The summed E-state index contributed by atoms with van der Waals surface area (Å²) < 4.78 is 5.47. The number of hydrogen-bond acceptors (Lipinski definition) is 4. The van der Waals surface area contributed by atoms with Gasteiger partial charge in [0.05, 0.1) is 12.7 Å². The molecule has 2 unspecified atom stereocenters. The van der Waals surface area contributed by atoms with Crippen LogP contribution < -0.4 is 5.32 Å². The molecule has 0 bridgehead atoms. The van der Waals surface area contributed by atoms with Crippen LogP contribution in [0.15, 0.2) is 0 Å². The third-order valence-corrected chi connectivity index (χ3v) is 4.73. The van der Waals surface area contributed by atoms with Crippen molar-refractivity contribution >= 4 is 0 Å². The molecule has 0 radical (unpaired) electrons. The van der Waals surface area contributed by atoms with Gasteiger partial charge in [-0.1, -0.05) is 6.42 Å². The van der Waals surface area contributed by atoms with Gasteiger partial charge in [-0.25, -0.2) is 0 Å². The molecule has 2 fully saturated rings. The third-order valence-electron chi connectivity index (χ3n) is 4.73. The van der Waals surface area contributed by atoms with Gasteiger partial charge in [0.2, 0.25) is 0 Å². The van der Waals surface area contributed by atoms with Crippen LogP contribution >= 0.6 is 0 Å². The SMILES string of the molecule is COC1CCCN(CCCCC(C)(CO)NC2CC2)C1. The fourth-order valence-electron chi connectivity index (χ4n) is 3.18. The van der Waals surface area contributed by atoms with Crippen LogP contribution in [-0.4, -0.2) is 61.0 Å². The van der Waals surface area contributed by atoms with Crippen molar-refractivity contribution in [3.63, 3.8) is 0 Å². The van der Waals surface area contributed by atoms with E-state index in [2.05, 4.69) is 17.1 Å². The highest BCUT2D eigenvalue weighted by Crippen LogP contribution is 2.25. The Kier molecular flexibility index (Phi) is 6.27. The molecule has 1 heterocycles. The second-order valence-corrected chi connectivity index (χ2v) is 6.90. The smallest absolute Gasteiger partial charge is 0.0698 e. The Morgan fingerprint density at radius 2 is 2.10 bits per heavy atom. The Morgan fingerprint density at radius 3 is 2.75 bits per heavy atom.